The van der Waals surface area contributed by atoms with E-state index in [1.807, 2.05) is 34.6 Å². The zero-order chi connectivity index (χ0) is 18.8. The molecule has 138 valence electrons. The summed E-state index contributed by atoms with van der Waals surface area (Å²) >= 11 is 0. The van der Waals surface area contributed by atoms with E-state index in [1.54, 1.807) is 18.2 Å². The van der Waals surface area contributed by atoms with Crippen molar-refractivity contribution >= 4 is 13.1 Å². The fourth-order valence-corrected chi connectivity index (χ4v) is 2.72. The summed E-state index contributed by atoms with van der Waals surface area (Å²) in [5.74, 6) is -0.318. The number of phenols is 1. The molecule has 0 saturated carbocycles. The Morgan fingerprint density at radius 1 is 1.24 bits per heavy atom. The van der Waals surface area contributed by atoms with Crippen molar-refractivity contribution in [2.24, 2.45) is 0 Å². The Labute approximate surface area is 149 Å². The van der Waals surface area contributed by atoms with E-state index in [4.69, 9.17) is 18.8 Å². The van der Waals surface area contributed by atoms with E-state index in [0.29, 0.717) is 12.4 Å². The molecule has 1 atom stereocenters. The first kappa shape index (κ1) is 19.6. The van der Waals surface area contributed by atoms with Gasteiger partial charge in [0.1, 0.15) is 0 Å². The number of methoxy groups -OCH3 is 1. The van der Waals surface area contributed by atoms with Gasteiger partial charge in [-0.25, -0.2) is 0 Å². The summed E-state index contributed by atoms with van der Waals surface area (Å²) in [5.41, 5.74) is -0.234. The van der Waals surface area contributed by atoms with Gasteiger partial charge in [0.25, 0.3) is 0 Å². The zero-order valence-electron chi connectivity index (χ0n) is 15.8. The van der Waals surface area contributed by atoms with E-state index >= 15 is 0 Å². The normalized spacial score (nSPS) is 19.5. The van der Waals surface area contributed by atoms with Gasteiger partial charge >= 0.3 is 13.1 Å². The van der Waals surface area contributed by atoms with Gasteiger partial charge in [-0.05, 0) is 52.3 Å². The second-order valence-electron chi connectivity index (χ2n) is 7.17. The lowest BCUT2D eigenvalue weighted by atomic mass is 9.66. The molecule has 1 heterocycles. The minimum atomic E-state index is -0.608. The first-order valence-electron chi connectivity index (χ1n) is 8.49. The summed E-state index contributed by atoms with van der Waals surface area (Å²) in [5, 5.41) is 9.93. The van der Waals surface area contributed by atoms with Crippen molar-refractivity contribution in [3.63, 3.8) is 0 Å². The third kappa shape index (κ3) is 4.10. The van der Waals surface area contributed by atoms with Crippen LogP contribution in [0, 0.1) is 0 Å². The Kier molecular flexibility index (Phi) is 5.69. The van der Waals surface area contributed by atoms with Crippen molar-refractivity contribution < 1.29 is 28.7 Å². The maximum atomic E-state index is 11.9. The maximum absolute atomic E-state index is 11.9. The third-order valence-corrected chi connectivity index (χ3v) is 4.93. The molecule has 0 radical (unpaired) electrons. The standard InChI is InChI=1S/C18H27BO6/c1-7-23-15-10-12(8-9-14(15)20)13(11-16(21)22-6)19-24-17(2,3)18(4,5)25-19/h8-10,13,20H,7,11H2,1-6H3. The number of rotatable bonds is 6. The highest BCUT2D eigenvalue weighted by Crippen LogP contribution is 2.42. The van der Waals surface area contributed by atoms with Crippen LogP contribution in [0.15, 0.2) is 18.2 Å². The molecule has 1 aliphatic rings. The monoisotopic (exact) mass is 350 g/mol. The topological polar surface area (TPSA) is 74.2 Å². The SMILES string of the molecule is CCOc1cc(C(CC(=O)OC)B2OC(C)(C)C(C)(C)O2)ccc1O. The molecular weight excluding hydrogens is 323 g/mol. The predicted octanol–water partition coefficient (Wildman–Crippen LogP) is 3.07. The highest BCUT2D eigenvalue weighted by molar-refractivity contribution is 6.48. The highest BCUT2D eigenvalue weighted by atomic mass is 16.7. The van der Waals surface area contributed by atoms with Gasteiger partial charge in [0.05, 0.1) is 31.3 Å². The van der Waals surface area contributed by atoms with Gasteiger partial charge in [-0.1, -0.05) is 6.07 Å². The number of ether oxygens (including phenoxy) is 2. The second-order valence-corrected chi connectivity index (χ2v) is 7.17. The Morgan fingerprint density at radius 3 is 2.36 bits per heavy atom. The summed E-state index contributed by atoms with van der Waals surface area (Å²) in [6.07, 6.45) is 0.101. The van der Waals surface area contributed by atoms with Crippen LogP contribution >= 0.6 is 0 Å². The molecule has 6 nitrogen and oxygen atoms in total. The van der Waals surface area contributed by atoms with E-state index in [9.17, 15) is 9.90 Å². The molecule has 1 aromatic carbocycles. The number of hydrogen-bond acceptors (Lipinski definition) is 6. The molecule has 0 spiro atoms. The number of aromatic hydroxyl groups is 1. The second kappa shape index (κ2) is 7.26. The quantitative estimate of drug-likeness (QED) is 0.628. The first-order chi connectivity index (χ1) is 11.6. The number of phenolic OH excluding ortho intramolecular Hbond substituents is 1. The molecule has 0 bridgehead atoms. The average Bonchev–Trinajstić information content (AvgIpc) is 2.75. The Morgan fingerprint density at radius 2 is 1.84 bits per heavy atom. The lowest BCUT2D eigenvalue weighted by Crippen LogP contribution is -2.41. The third-order valence-electron chi connectivity index (χ3n) is 4.93. The lowest BCUT2D eigenvalue weighted by Gasteiger charge is -2.32. The summed E-state index contributed by atoms with van der Waals surface area (Å²) in [7, 11) is 0.745. The minimum absolute atomic E-state index is 0.0522. The molecule has 0 aliphatic carbocycles. The number of carbonyl (C=O) groups is 1. The highest BCUT2D eigenvalue weighted by Gasteiger charge is 2.54. The van der Waals surface area contributed by atoms with Gasteiger partial charge in [0.15, 0.2) is 11.5 Å². The molecule has 2 rings (SSSR count). The Bertz CT molecular complexity index is 612. The van der Waals surface area contributed by atoms with E-state index in [0.717, 1.165) is 5.56 Å². The van der Waals surface area contributed by atoms with Crippen LogP contribution in [0.5, 0.6) is 11.5 Å². The van der Waals surface area contributed by atoms with Gasteiger partial charge in [0, 0.05) is 5.82 Å². The molecule has 1 N–H and O–H groups in total. The van der Waals surface area contributed by atoms with Crippen molar-refractivity contribution in [3.8, 4) is 11.5 Å². The number of hydrogen-bond donors (Lipinski definition) is 1. The van der Waals surface area contributed by atoms with Crippen LogP contribution in [0.25, 0.3) is 0 Å². The molecule has 1 unspecified atom stereocenters. The van der Waals surface area contributed by atoms with E-state index in [1.165, 1.54) is 7.11 Å². The van der Waals surface area contributed by atoms with Crippen LogP contribution in [-0.4, -0.2) is 43.1 Å². The number of carbonyl (C=O) groups excluding carboxylic acids is 1. The van der Waals surface area contributed by atoms with E-state index in [2.05, 4.69) is 0 Å². The molecule has 0 aromatic heterocycles. The van der Waals surface area contributed by atoms with Crippen molar-refractivity contribution in [3.05, 3.63) is 23.8 Å². The summed E-state index contributed by atoms with van der Waals surface area (Å²) < 4.78 is 22.5. The van der Waals surface area contributed by atoms with Crippen LogP contribution in [0.2, 0.25) is 0 Å². The Hall–Kier alpha value is -1.73. The van der Waals surface area contributed by atoms with Crippen LogP contribution in [-0.2, 0) is 18.8 Å². The van der Waals surface area contributed by atoms with Crippen LogP contribution in [0.1, 0.15) is 52.4 Å². The fraction of sp³-hybridized carbons (Fsp3) is 0.611. The number of benzene rings is 1. The molecule has 1 aliphatic heterocycles. The summed E-state index contributed by atoms with van der Waals surface area (Å²) in [6.45, 7) is 10.1. The summed E-state index contributed by atoms with van der Waals surface area (Å²) in [6, 6.07) is 5.02. The predicted molar refractivity (Wildman–Crippen MR) is 94.7 cm³/mol. The smallest absolute Gasteiger partial charge is 0.466 e. The van der Waals surface area contributed by atoms with Crippen LogP contribution in [0.4, 0.5) is 0 Å². The summed E-state index contributed by atoms with van der Waals surface area (Å²) in [4.78, 5) is 11.9. The van der Waals surface area contributed by atoms with Crippen molar-refractivity contribution in [2.45, 2.75) is 58.1 Å². The van der Waals surface area contributed by atoms with Gasteiger partial charge in [-0.15, -0.1) is 0 Å². The lowest BCUT2D eigenvalue weighted by molar-refractivity contribution is -0.140. The molecule has 25 heavy (non-hydrogen) atoms. The average molecular weight is 350 g/mol. The van der Waals surface area contributed by atoms with Gasteiger partial charge in [0.2, 0.25) is 0 Å². The fourth-order valence-electron chi connectivity index (χ4n) is 2.72. The molecule has 7 heteroatoms. The molecule has 1 aromatic rings. The minimum Gasteiger partial charge on any atom is -0.504 e. The maximum Gasteiger partial charge on any atom is 0.466 e. The molecule has 0 amide bonds. The van der Waals surface area contributed by atoms with Gasteiger partial charge in [-0.2, -0.15) is 0 Å². The van der Waals surface area contributed by atoms with Crippen molar-refractivity contribution in [1.82, 2.24) is 0 Å². The van der Waals surface area contributed by atoms with E-state index < -0.39 is 18.3 Å². The van der Waals surface area contributed by atoms with Gasteiger partial charge < -0.3 is 23.9 Å². The van der Waals surface area contributed by atoms with Crippen LogP contribution in [0.3, 0.4) is 0 Å². The van der Waals surface area contributed by atoms with Crippen LogP contribution < -0.4 is 4.74 Å². The molecule has 1 fully saturated rings. The Balaban J connectivity index is 2.37. The number of esters is 1. The van der Waals surface area contributed by atoms with Crippen molar-refractivity contribution in [2.75, 3.05) is 13.7 Å². The van der Waals surface area contributed by atoms with Gasteiger partial charge in [-0.3, -0.25) is 4.79 Å². The molecule has 1 saturated heterocycles. The zero-order valence-corrected chi connectivity index (χ0v) is 15.8. The molecular formula is C18H27BO6. The largest absolute Gasteiger partial charge is 0.504 e. The first-order valence-corrected chi connectivity index (χ1v) is 8.49. The van der Waals surface area contributed by atoms with E-state index in [-0.39, 0.29) is 24.0 Å². The van der Waals surface area contributed by atoms with Crippen molar-refractivity contribution in [1.29, 1.82) is 0 Å².